The number of fused-ring (bicyclic) bond motifs is 1. The molecule has 1 amide bonds. The number of aliphatic hydroxyl groups excluding tert-OH is 3. The number of aliphatic hydroxyl groups is 3. The first-order valence-corrected chi connectivity index (χ1v) is 10.8. The minimum absolute atomic E-state index is 0.0294. The molecule has 5 N–H and O–H groups in total. The third kappa shape index (κ3) is 4.86. The van der Waals surface area contributed by atoms with Gasteiger partial charge in [0.05, 0.1) is 24.2 Å². The smallest absolute Gasteiger partial charge is 0.370 e. The summed E-state index contributed by atoms with van der Waals surface area (Å²) < 4.78 is 15.8. The lowest BCUT2D eigenvalue weighted by atomic mass is 9.91. The van der Waals surface area contributed by atoms with Gasteiger partial charge in [-0.05, 0) is 24.3 Å². The van der Waals surface area contributed by atoms with E-state index >= 15 is 0 Å². The molecule has 1 aromatic carbocycles. The first kappa shape index (κ1) is 23.2. The summed E-state index contributed by atoms with van der Waals surface area (Å²) in [5, 5.41) is 54.9. The van der Waals surface area contributed by atoms with E-state index in [1.165, 1.54) is 4.68 Å². The van der Waals surface area contributed by atoms with E-state index in [2.05, 4.69) is 21.0 Å². The Morgan fingerprint density at radius 2 is 2.12 bits per heavy atom. The molecule has 1 aromatic heterocycles. The number of carboxylic acids is 1. The molecular formula is C21H23BrN4O7. The largest absolute Gasteiger partial charge is 0.478 e. The number of halogens is 1. The maximum absolute atomic E-state index is 12.8. The van der Waals surface area contributed by atoms with Gasteiger partial charge in [0.25, 0.3) is 0 Å². The maximum Gasteiger partial charge on any atom is 0.370 e. The zero-order valence-electron chi connectivity index (χ0n) is 18.7. The summed E-state index contributed by atoms with van der Waals surface area (Å²) in [7, 11) is 0. The van der Waals surface area contributed by atoms with E-state index in [-0.39, 0.29) is 5.69 Å². The number of hydrogen-bond donors (Lipinski definition) is 5. The standard InChI is InChI=1S/C21H23BrN4O7/c1-9(2)20(30)24-17-13(6-16(21(31)32)33-19(17)18(29)15(28)8-27)26-14(7-23)11-4-3-10(22)5-12(11)25-26/h3-6,9,13,15,17-19,27-29H,8H2,1-2H3,(H,24,30)(H,31,32)/t13-,15+,17+,18+,19+/m0/s1/i/hD. The average molecular weight is 524 g/mol. The van der Waals surface area contributed by atoms with Gasteiger partial charge in [-0.3, -0.25) is 4.79 Å². The fourth-order valence-corrected chi connectivity index (χ4v) is 3.84. The number of aromatic nitrogens is 2. The van der Waals surface area contributed by atoms with Gasteiger partial charge >= 0.3 is 5.97 Å². The lowest BCUT2D eigenvalue weighted by Gasteiger charge is -2.40. The molecule has 0 spiro atoms. The highest BCUT2D eigenvalue weighted by molar-refractivity contribution is 9.10. The Hall–Kier alpha value is -2.98. The normalized spacial score (nSPS) is 22.7. The second-order valence-electron chi connectivity index (χ2n) is 7.83. The SMILES string of the molecule is [2H]N(C(=O)C(C)C)[C@H]1[C@H]([C@H](O)[C@H](O)CO)OC(C(=O)O)=C[C@@H]1n1nc2cc(Br)ccc2c1C#N. The molecule has 5 atom stereocenters. The third-order valence-electron chi connectivity index (χ3n) is 5.22. The minimum atomic E-state index is -1.88. The molecule has 0 aliphatic carbocycles. The maximum atomic E-state index is 12.8. The Labute approximate surface area is 198 Å². The van der Waals surface area contributed by atoms with Crippen LogP contribution in [0.25, 0.3) is 10.9 Å². The Kier molecular flexibility index (Phi) is 6.94. The third-order valence-corrected chi connectivity index (χ3v) is 5.71. The Morgan fingerprint density at radius 3 is 2.70 bits per heavy atom. The quantitative estimate of drug-likeness (QED) is 0.344. The summed E-state index contributed by atoms with van der Waals surface area (Å²) in [4.78, 5) is 24.6. The highest BCUT2D eigenvalue weighted by Crippen LogP contribution is 2.33. The lowest BCUT2D eigenvalue weighted by molar-refractivity contribution is -0.147. The van der Waals surface area contributed by atoms with Crippen LogP contribution in [-0.4, -0.2) is 73.0 Å². The van der Waals surface area contributed by atoms with Crippen LogP contribution in [0.5, 0.6) is 0 Å². The van der Waals surface area contributed by atoms with Gasteiger partial charge in [0.15, 0.2) is 1.41 Å². The Morgan fingerprint density at radius 1 is 1.42 bits per heavy atom. The van der Waals surface area contributed by atoms with Gasteiger partial charge in [0, 0.05) is 15.8 Å². The zero-order valence-corrected chi connectivity index (χ0v) is 19.2. The highest BCUT2D eigenvalue weighted by Gasteiger charge is 2.45. The molecule has 11 nitrogen and oxygen atoms in total. The molecule has 0 saturated carbocycles. The number of nitrogens with one attached hydrogen (secondary N) is 1. The van der Waals surface area contributed by atoms with Crippen LogP contribution in [0.2, 0.25) is 1.41 Å². The van der Waals surface area contributed by atoms with Crippen molar-refractivity contribution in [2.45, 2.75) is 44.2 Å². The van der Waals surface area contributed by atoms with Gasteiger partial charge in [-0.1, -0.05) is 29.8 Å². The van der Waals surface area contributed by atoms with Crippen molar-refractivity contribution in [3.05, 3.63) is 40.2 Å². The van der Waals surface area contributed by atoms with Crippen molar-refractivity contribution in [1.29, 1.82) is 5.26 Å². The summed E-state index contributed by atoms with van der Waals surface area (Å²) in [5.41, 5.74) is 0.419. The number of carboxylic acid groups (broad SMARTS) is 1. The van der Waals surface area contributed by atoms with Crippen LogP contribution in [0, 0.1) is 17.2 Å². The highest BCUT2D eigenvalue weighted by atomic mass is 79.9. The van der Waals surface area contributed by atoms with Crippen LogP contribution in [0.4, 0.5) is 0 Å². The average Bonchev–Trinajstić information content (AvgIpc) is 3.18. The van der Waals surface area contributed by atoms with Gasteiger partial charge in [-0.2, -0.15) is 10.4 Å². The van der Waals surface area contributed by atoms with E-state index in [1.54, 1.807) is 32.0 Å². The number of rotatable bonds is 7. The number of aliphatic carboxylic acids is 1. The fourth-order valence-electron chi connectivity index (χ4n) is 3.49. The minimum Gasteiger partial charge on any atom is -0.478 e. The summed E-state index contributed by atoms with van der Waals surface area (Å²) >= 11 is 3.33. The van der Waals surface area contributed by atoms with Gasteiger partial charge in [0.2, 0.25) is 11.7 Å². The van der Waals surface area contributed by atoms with E-state index in [9.17, 15) is 35.3 Å². The molecule has 33 heavy (non-hydrogen) atoms. The second kappa shape index (κ2) is 9.88. The molecule has 12 heteroatoms. The number of hydrogen-bond acceptors (Lipinski definition) is 8. The van der Waals surface area contributed by atoms with Crippen LogP contribution in [-0.2, 0) is 14.3 Å². The van der Waals surface area contributed by atoms with E-state index < -0.39 is 60.6 Å². The summed E-state index contributed by atoms with van der Waals surface area (Å²) in [6, 6.07) is 4.33. The predicted molar refractivity (Wildman–Crippen MR) is 118 cm³/mol. The number of carbonyl (C=O) groups is 2. The van der Waals surface area contributed by atoms with Crippen molar-refractivity contribution in [2.75, 3.05) is 6.61 Å². The van der Waals surface area contributed by atoms with Gasteiger partial charge in [0.1, 0.15) is 30.1 Å². The predicted octanol–water partition coefficient (Wildman–Crippen LogP) is 0.434. The number of nitrogens with zero attached hydrogens (tertiary/aromatic N) is 3. The van der Waals surface area contributed by atoms with Crippen LogP contribution < -0.4 is 5.31 Å². The molecule has 1 aliphatic rings. The molecule has 0 radical (unpaired) electrons. The molecule has 0 bridgehead atoms. The summed E-state index contributed by atoms with van der Waals surface area (Å²) in [6.45, 7) is 2.22. The van der Waals surface area contributed by atoms with Gasteiger partial charge in [-0.15, -0.1) is 0 Å². The fraction of sp³-hybridized carbons (Fsp3) is 0.429. The van der Waals surface area contributed by atoms with Crippen molar-refractivity contribution in [2.24, 2.45) is 5.92 Å². The molecule has 3 rings (SSSR count). The van der Waals surface area contributed by atoms with Crippen molar-refractivity contribution >= 4 is 38.7 Å². The Bertz CT molecular complexity index is 1180. The first-order chi connectivity index (χ1) is 16.0. The van der Waals surface area contributed by atoms with E-state index in [4.69, 9.17) is 6.15 Å². The molecular weight excluding hydrogens is 500 g/mol. The van der Waals surface area contributed by atoms with E-state index in [0.717, 1.165) is 6.08 Å². The van der Waals surface area contributed by atoms with Gasteiger partial charge < -0.3 is 30.5 Å². The van der Waals surface area contributed by atoms with Crippen LogP contribution in [0.3, 0.4) is 0 Å². The van der Waals surface area contributed by atoms with Crippen LogP contribution in [0.1, 0.15) is 25.6 Å². The molecule has 0 fully saturated rings. The number of benzene rings is 1. The zero-order chi connectivity index (χ0) is 25.3. The number of amides is 1. The molecule has 2 heterocycles. The van der Waals surface area contributed by atoms with Crippen molar-refractivity contribution < 1.29 is 36.2 Å². The summed E-state index contributed by atoms with van der Waals surface area (Å²) in [6.07, 6.45) is -4.18. The lowest BCUT2D eigenvalue weighted by Crippen LogP contribution is -2.59. The molecule has 0 saturated heterocycles. The van der Waals surface area contributed by atoms with Crippen molar-refractivity contribution in [3.63, 3.8) is 0 Å². The second-order valence-corrected chi connectivity index (χ2v) is 8.74. The van der Waals surface area contributed by atoms with E-state index in [0.29, 0.717) is 20.7 Å². The molecule has 1 aliphatic heterocycles. The summed E-state index contributed by atoms with van der Waals surface area (Å²) in [5.74, 6) is -3.47. The molecule has 2 aromatic rings. The monoisotopic (exact) mass is 523 g/mol. The molecule has 0 unspecified atom stereocenters. The van der Waals surface area contributed by atoms with Crippen LogP contribution in [0.15, 0.2) is 34.5 Å². The number of ether oxygens (including phenoxy) is 1. The van der Waals surface area contributed by atoms with Crippen LogP contribution >= 0.6 is 15.9 Å². The van der Waals surface area contributed by atoms with Crippen molar-refractivity contribution in [1.82, 2.24) is 15.1 Å². The van der Waals surface area contributed by atoms with E-state index in [1.807, 2.05) is 6.07 Å². The van der Waals surface area contributed by atoms with Gasteiger partial charge in [-0.25, -0.2) is 9.48 Å². The number of carbonyl (C=O) groups excluding carboxylic acids is 1. The number of nitriles is 1. The Balaban J connectivity index is 2.28. The van der Waals surface area contributed by atoms with Crippen molar-refractivity contribution in [3.8, 4) is 6.07 Å². The molecule has 176 valence electrons. The topological polar surface area (TPSA) is 178 Å². The first-order valence-electron chi connectivity index (χ1n) is 10.4.